The molecular weight excluding hydrogens is 268 g/mol. The molecule has 21 heavy (non-hydrogen) atoms. The first kappa shape index (κ1) is 13.0. The molecule has 6 nitrogen and oxygen atoms in total. The van der Waals surface area contributed by atoms with E-state index in [4.69, 9.17) is 10.5 Å². The zero-order chi connectivity index (χ0) is 14.8. The first-order chi connectivity index (χ1) is 10.2. The van der Waals surface area contributed by atoms with Gasteiger partial charge in [-0.05, 0) is 24.3 Å². The molecule has 0 fully saturated rings. The smallest absolute Gasteiger partial charge is 0.156 e. The van der Waals surface area contributed by atoms with E-state index in [1.165, 1.54) is 4.68 Å². The van der Waals surface area contributed by atoms with Crippen LogP contribution in [-0.4, -0.2) is 27.2 Å². The van der Waals surface area contributed by atoms with Crippen LogP contribution in [0.15, 0.2) is 48.5 Å². The highest BCUT2D eigenvalue weighted by atomic mass is 16.5. The molecular formula is C15H14N4O2. The van der Waals surface area contributed by atoms with E-state index in [2.05, 4.69) is 10.3 Å². The number of methoxy groups -OCH3 is 1. The fourth-order valence-corrected chi connectivity index (χ4v) is 2.09. The molecule has 1 heterocycles. The van der Waals surface area contributed by atoms with Gasteiger partial charge in [-0.25, -0.2) is 0 Å². The Morgan fingerprint density at radius 2 is 1.95 bits per heavy atom. The Morgan fingerprint density at radius 3 is 2.71 bits per heavy atom. The molecule has 0 saturated heterocycles. The summed E-state index contributed by atoms with van der Waals surface area (Å²) in [4.78, 5) is 0. The lowest BCUT2D eigenvalue weighted by Gasteiger charge is -2.06. The number of phenols is 1. The summed E-state index contributed by atoms with van der Waals surface area (Å²) < 4.78 is 6.60. The van der Waals surface area contributed by atoms with Crippen LogP contribution in [0.1, 0.15) is 0 Å². The van der Waals surface area contributed by atoms with Crippen LogP contribution >= 0.6 is 0 Å². The maximum absolute atomic E-state index is 9.89. The molecule has 0 bridgehead atoms. The van der Waals surface area contributed by atoms with Crippen molar-refractivity contribution in [3.05, 3.63) is 48.5 Å². The average Bonchev–Trinajstić information content (AvgIpc) is 2.89. The van der Waals surface area contributed by atoms with E-state index in [1.807, 2.05) is 24.3 Å². The number of benzene rings is 2. The molecule has 0 aliphatic heterocycles. The predicted octanol–water partition coefficient (Wildman–Crippen LogP) is 2.23. The number of nitrogen functional groups attached to an aromatic ring is 1. The second kappa shape index (κ2) is 5.16. The van der Waals surface area contributed by atoms with Crippen LogP contribution in [0.4, 0.5) is 5.82 Å². The summed E-state index contributed by atoms with van der Waals surface area (Å²) in [6.45, 7) is 0. The molecule has 0 saturated carbocycles. The Kier molecular flexibility index (Phi) is 3.19. The Bertz CT molecular complexity index is 783. The highest BCUT2D eigenvalue weighted by molar-refractivity contribution is 5.72. The van der Waals surface area contributed by atoms with Gasteiger partial charge in [-0.3, -0.25) is 0 Å². The Morgan fingerprint density at radius 1 is 1.14 bits per heavy atom. The molecule has 6 heteroatoms. The molecule has 106 valence electrons. The Balaban J connectivity index is 2.09. The zero-order valence-corrected chi connectivity index (χ0v) is 11.4. The van der Waals surface area contributed by atoms with E-state index in [0.717, 1.165) is 5.56 Å². The fourth-order valence-electron chi connectivity index (χ4n) is 2.09. The number of anilines is 1. The van der Waals surface area contributed by atoms with Crippen molar-refractivity contribution in [3.63, 3.8) is 0 Å². The highest BCUT2D eigenvalue weighted by Gasteiger charge is 2.15. The zero-order valence-electron chi connectivity index (χ0n) is 11.4. The lowest BCUT2D eigenvalue weighted by molar-refractivity contribution is 0.415. The van der Waals surface area contributed by atoms with Gasteiger partial charge in [0.1, 0.15) is 22.9 Å². The second-order valence-electron chi connectivity index (χ2n) is 4.46. The van der Waals surface area contributed by atoms with Gasteiger partial charge >= 0.3 is 0 Å². The van der Waals surface area contributed by atoms with Crippen molar-refractivity contribution in [2.45, 2.75) is 0 Å². The number of ether oxygens (including phenoxy) is 1. The van der Waals surface area contributed by atoms with E-state index < -0.39 is 0 Å². The van der Waals surface area contributed by atoms with E-state index in [1.54, 1.807) is 31.4 Å². The molecule has 0 spiro atoms. The number of hydrogen-bond acceptors (Lipinski definition) is 5. The van der Waals surface area contributed by atoms with Gasteiger partial charge in [0.2, 0.25) is 0 Å². The number of aromatic hydroxyl groups is 1. The van der Waals surface area contributed by atoms with Gasteiger partial charge in [0.05, 0.1) is 7.11 Å². The van der Waals surface area contributed by atoms with E-state index in [-0.39, 0.29) is 5.75 Å². The maximum atomic E-state index is 9.89. The summed E-state index contributed by atoms with van der Waals surface area (Å²) in [6.07, 6.45) is 0. The summed E-state index contributed by atoms with van der Waals surface area (Å²) in [5.74, 6) is 1.15. The number of nitrogens with two attached hydrogens (primary N) is 1. The van der Waals surface area contributed by atoms with Crippen LogP contribution in [-0.2, 0) is 0 Å². The predicted molar refractivity (Wildman–Crippen MR) is 79.4 cm³/mol. The van der Waals surface area contributed by atoms with Gasteiger partial charge in [0.25, 0.3) is 0 Å². The summed E-state index contributed by atoms with van der Waals surface area (Å²) in [5, 5.41) is 18.0. The standard InChI is InChI=1S/C15H14N4O2/c1-21-11-6-4-5-10(9-11)14-15(16)19(18-17-14)12-7-2-3-8-13(12)20/h2-9,20H,16H2,1H3. The van der Waals surface area contributed by atoms with Gasteiger partial charge in [0.15, 0.2) is 5.82 Å². The topological polar surface area (TPSA) is 86.2 Å². The van der Waals surface area contributed by atoms with Crippen LogP contribution < -0.4 is 10.5 Å². The minimum absolute atomic E-state index is 0.0892. The SMILES string of the molecule is COc1cccc(-c2nnn(-c3ccccc3O)c2N)c1. The summed E-state index contributed by atoms with van der Waals surface area (Å²) >= 11 is 0. The van der Waals surface area contributed by atoms with Crippen LogP contribution in [0, 0.1) is 0 Å². The number of phenolic OH excluding ortho intramolecular Hbond substituents is 1. The molecule has 3 aromatic rings. The van der Waals surface area contributed by atoms with Crippen molar-refractivity contribution < 1.29 is 9.84 Å². The molecule has 2 aromatic carbocycles. The molecule has 3 N–H and O–H groups in total. The molecule has 0 amide bonds. The summed E-state index contributed by atoms with van der Waals surface area (Å²) in [6, 6.07) is 14.2. The van der Waals surface area contributed by atoms with Crippen LogP contribution in [0.2, 0.25) is 0 Å². The molecule has 1 aromatic heterocycles. The maximum Gasteiger partial charge on any atom is 0.156 e. The van der Waals surface area contributed by atoms with Crippen molar-refractivity contribution in [1.82, 2.24) is 15.0 Å². The molecule has 3 rings (SSSR count). The lowest BCUT2D eigenvalue weighted by Crippen LogP contribution is -2.02. The quantitative estimate of drug-likeness (QED) is 0.769. The van der Waals surface area contributed by atoms with Crippen LogP contribution in [0.5, 0.6) is 11.5 Å². The van der Waals surface area contributed by atoms with E-state index >= 15 is 0 Å². The first-order valence-electron chi connectivity index (χ1n) is 6.34. The van der Waals surface area contributed by atoms with Crippen molar-refractivity contribution in [2.24, 2.45) is 0 Å². The molecule has 0 aliphatic rings. The van der Waals surface area contributed by atoms with Gasteiger partial charge in [-0.15, -0.1) is 5.10 Å². The van der Waals surface area contributed by atoms with Crippen molar-refractivity contribution in [2.75, 3.05) is 12.8 Å². The van der Waals surface area contributed by atoms with Crippen LogP contribution in [0.25, 0.3) is 16.9 Å². The molecule has 0 radical (unpaired) electrons. The van der Waals surface area contributed by atoms with Crippen molar-refractivity contribution in [1.29, 1.82) is 0 Å². The van der Waals surface area contributed by atoms with Crippen LogP contribution in [0.3, 0.4) is 0 Å². The summed E-state index contributed by atoms with van der Waals surface area (Å²) in [7, 11) is 1.60. The number of nitrogens with zero attached hydrogens (tertiary/aromatic N) is 3. The largest absolute Gasteiger partial charge is 0.506 e. The highest BCUT2D eigenvalue weighted by Crippen LogP contribution is 2.30. The number of hydrogen-bond donors (Lipinski definition) is 2. The minimum Gasteiger partial charge on any atom is -0.506 e. The average molecular weight is 282 g/mol. The van der Waals surface area contributed by atoms with Crippen molar-refractivity contribution in [3.8, 4) is 28.4 Å². The lowest BCUT2D eigenvalue weighted by atomic mass is 10.1. The van der Waals surface area contributed by atoms with Gasteiger partial charge in [-0.2, -0.15) is 4.68 Å². The third kappa shape index (κ3) is 2.27. The molecule has 0 atom stereocenters. The third-order valence-electron chi connectivity index (χ3n) is 3.16. The van der Waals surface area contributed by atoms with E-state index in [9.17, 15) is 5.11 Å². The van der Waals surface area contributed by atoms with Crippen molar-refractivity contribution >= 4 is 5.82 Å². The normalized spacial score (nSPS) is 10.5. The van der Waals surface area contributed by atoms with Gasteiger partial charge < -0.3 is 15.6 Å². The number of rotatable bonds is 3. The molecule has 0 aliphatic carbocycles. The second-order valence-corrected chi connectivity index (χ2v) is 4.46. The minimum atomic E-state index is 0.0892. The fraction of sp³-hybridized carbons (Fsp3) is 0.0667. The number of aromatic nitrogens is 3. The van der Waals surface area contributed by atoms with E-state index in [0.29, 0.717) is 22.9 Å². The monoisotopic (exact) mass is 282 g/mol. The van der Waals surface area contributed by atoms with Gasteiger partial charge in [0, 0.05) is 5.56 Å². The number of para-hydroxylation sites is 2. The Labute approximate surface area is 121 Å². The molecule has 0 unspecified atom stereocenters. The Hall–Kier alpha value is -3.02. The summed E-state index contributed by atoms with van der Waals surface area (Å²) in [5.41, 5.74) is 7.94. The first-order valence-corrected chi connectivity index (χ1v) is 6.34. The third-order valence-corrected chi connectivity index (χ3v) is 3.16. The van der Waals surface area contributed by atoms with Gasteiger partial charge in [-0.1, -0.05) is 29.5 Å².